The first-order valence-electron chi connectivity index (χ1n) is 4.74. The van der Waals surface area contributed by atoms with Gasteiger partial charge in [-0.25, -0.2) is 9.78 Å². The molecule has 4 N–H and O–H groups in total. The van der Waals surface area contributed by atoms with Gasteiger partial charge in [-0.2, -0.15) is 0 Å². The fourth-order valence-corrected chi connectivity index (χ4v) is 1.09. The Hall–Kier alpha value is -2.22. The molecule has 0 aliphatic heterocycles. The number of carbonyl (C=O) groups excluding carboxylic acids is 1. The smallest absolute Gasteiger partial charge is 0.326 e. The van der Waals surface area contributed by atoms with E-state index in [2.05, 4.69) is 15.3 Å². The molecule has 0 saturated heterocycles. The number of carboxylic acids is 1. The van der Waals surface area contributed by atoms with E-state index in [0.29, 0.717) is 0 Å². The lowest BCUT2D eigenvalue weighted by Gasteiger charge is -2.12. The van der Waals surface area contributed by atoms with Crippen molar-refractivity contribution in [3.05, 3.63) is 28.4 Å². The number of rotatable bonds is 5. The van der Waals surface area contributed by atoms with Crippen LogP contribution >= 0.6 is 0 Å². The lowest BCUT2D eigenvalue weighted by Crippen LogP contribution is -2.41. The Morgan fingerprint density at radius 3 is 2.71 bits per heavy atom. The highest BCUT2D eigenvalue weighted by Crippen LogP contribution is 1.95. The normalized spacial score (nSPS) is 11.8. The summed E-state index contributed by atoms with van der Waals surface area (Å²) in [6.45, 7) is -0.365. The van der Waals surface area contributed by atoms with Crippen LogP contribution < -0.4 is 10.9 Å². The number of nitrogens with one attached hydrogen (secondary N) is 2. The van der Waals surface area contributed by atoms with Gasteiger partial charge in [0.2, 0.25) is 0 Å². The molecule has 0 saturated carbocycles. The number of aliphatic hydroxyl groups is 1. The molecule has 0 spiro atoms. The summed E-state index contributed by atoms with van der Waals surface area (Å²) < 4.78 is 0. The van der Waals surface area contributed by atoms with E-state index in [9.17, 15) is 14.4 Å². The molecule has 0 unspecified atom stereocenters. The topological polar surface area (TPSA) is 132 Å². The van der Waals surface area contributed by atoms with Crippen molar-refractivity contribution in [3.8, 4) is 0 Å². The highest BCUT2D eigenvalue weighted by atomic mass is 16.4. The predicted octanol–water partition coefficient (Wildman–Crippen LogP) is -1.66. The molecule has 0 aliphatic rings. The molecule has 1 atom stereocenters. The maximum Gasteiger partial charge on any atom is 0.326 e. The molecule has 0 aromatic carbocycles. The largest absolute Gasteiger partial charge is 0.480 e. The fourth-order valence-electron chi connectivity index (χ4n) is 1.09. The monoisotopic (exact) mass is 241 g/mol. The average molecular weight is 241 g/mol. The highest BCUT2D eigenvalue weighted by Gasteiger charge is 2.20. The van der Waals surface area contributed by atoms with Crippen molar-refractivity contribution in [1.29, 1.82) is 0 Å². The van der Waals surface area contributed by atoms with Crippen LogP contribution in [0.2, 0.25) is 0 Å². The predicted molar refractivity (Wildman–Crippen MR) is 55.5 cm³/mol. The first-order valence-corrected chi connectivity index (χ1v) is 4.74. The van der Waals surface area contributed by atoms with Crippen molar-refractivity contribution in [2.75, 3.05) is 6.61 Å². The maximum atomic E-state index is 11.5. The number of hydrogen-bond acceptors (Lipinski definition) is 5. The molecule has 0 aliphatic carbocycles. The van der Waals surface area contributed by atoms with Gasteiger partial charge in [0.05, 0.1) is 6.20 Å². The van der Waals surface area contributed by atoms with Crippen LogP contribution in [-0.4, -0.2) is 44.7 Å². The number of hydrogen-bond donors (Lipinski definition) is 4. The molecule has 1 rings (SSSR count). The highest BCUT2D eigenvalue weighted by molar-refractivity contribution is 5.94. The number of nitrogens with zero attached hydrogens (tertiary/aromatic N) is 1. The van der Waals surface area contributed by atoms with Crippen LogP contribution in [0.15, 0.2) is 17.2 Å². The van der Waals surface area contributed by atoms with Gasteiger partial charge in [0.25, 0.3) is 11.5 Å². The van der Waals surface area contributed by atoms with Gasteiger partial charge in [-0.05, 0) is 0 Å². The Kier molecular flexibility index (Phi) is 4.35. The van der Waals surface area contributed by atoms with Crippen molar-refractivity contribution in [3.63, 3.8) is 0 Å². The van der Waals surface area contributed by atoms with Gasteiger partial charge in [-0.15, -0.1) is 0 Å². The molecule has 0 bridgehead atoms. The van der Waals surface area contributed by atoms with Crippen LogP contribution in [0.5, 0.6) is 0 Å². The summed E-state index contributed by atoms with van der Waals surface area (Å²) in [7, 11) is 0. The Bertz CT molecular complexity index is 449. The van der Waals surface area contributed by atoms with E-state index in [-0.39, 0.29) is 18.7 Å². The third kappa shape index (κ3) is 3.68. The van der Waals surface area contributed by atoms with Crippen LogP contribution in [0.1, 0.15) is 16.9 Å². The molecule has 8 nitrogen and oxygen atoms in total. The molecule has 8 heteroatoms. The third-order valence-corrected chi connectivity index (χ3v) is 1.93. The molecule has 0 fully saturated rings. The van der Waals surface area contributed by atoms with E-state index >= 15 is 0 Å². The SMILES string of the molecule is O=C(N[C@H](CCO)C(=O)O)c1c[nH]c(=O)cn1. The van der Waals surface area contributed by atoms with Gasteiger partial charge in [-0.1, -0.05) is 0 Å². The molecular formula is C9H11N3O5. The first kappa shape index (κ1) is 12.8. The minimum absolute atomic E-state index is 0.103. The second-order valence-corrected chi connectivity index (χ2v) is 3.17. The van der Waals surface area contributed by atoms with Crippen molar-refractivity contribution in [2.45, 2.75) is 12.5 Å². The molecule has 0 radical (unpaired) electrons. The molecular weight excluding hydrogens is 230 g/mol. The van der Waals surface area contributed by atoms with Crippen LogP contribution in [0, 0.1) is 0 Å². The Balaban J connectivity index is 2.73. The third-order valence-electron chi connectivity index (χ3n) is 1.93. The number of carboxylic acid groups (broad SMARTS) is 1. The molecule has 92 valence electrons. The Labute approximate surface area is 95.3 Å². The van der Waals surface area contributed by atoms with Crippen molar-refractivity contribution in [2.24, 2.45) is 0 Å². The van der Waals surface area contributed by atoms with Gasteiger partial charge in [0.1, 0.15) is 11.7 Å². The molecule has 1 aromatic rings. The van der Waals surface area contributed by atoms with Crippen LogP contribution in [0.25, 0.3) is 0 Å². The summed E-state index contributed by atoms with van der Waals surface area (Å²) in [5, 5.41) is 19.5. The van der Waals surface area contributed by atoms with E-state index in [4.69, 9.17) is 10.2 Å². The fraction of sp³-hybridized carbons (Fsp3) is 0.333. The average Bonchev–Trinajstić information content (AvgIpc) is 2.29. The summed E-state index contributed by atoms with van der Waals surface area (Å²) in [5.41, 5.74) is -0.569. The molecule has 1 heterocycles. The van der Waals surface area contributed by atoms with E-state index in [1.807, 2.05) is 0 Å². The summed E-state index contributed by atoms with van der Waals surface area (Å²) >= 11 is 0. The van der Waals surface area contributed by atoms with Gasteiger partial charge in [0.15, 0.2) is 0 Å². The van der Waals surface area contributed by atoms with Gasteiger partial charge < -0.3 is 20.5 Å². The lowest BCUT2D eigenvalue weighted by atomic mass is 10.2. The van der Waals surface area contributed by atoms with Gasteiger partial charge in [0, 0.05) is 19.2 Å². The maximum absolute atomic E-state index is 11.5. The number of amides is 1. The van der Waals surface area contributed by atoms with Crippen LogP contribution in [-0.2, 0) is 4.79 Å². The zero-order valence-corrected chi connectivity index (χ0v) is 8.71. The first-order chi connectivity index (χ1) is 8.04. The lowest BCUT2D eigenvalue weighted by molar-refractivity contribution is -0.139. The Morgan fingerprint density at radius 1 is 1.53 bits per heavy atom. The number of H-pyrrole nitrogens is 1. The standard InChI is InChI=1S/C9H11N3O5/c13-2-1-5(9(16)17)12-8(15)6-3-11-7(14)4-10-6/h3-5,13H,1-2H2,(H,11,14)(H,12,15)(H,16,17)/t5-/m1/s1. The van der Waals surface area contributed by atoms with E-state index in [1.165, 1.54) is 0 Å². The Morgan fingerprint density at radius 2 is 2.24 bits per heavy atom. The van der Waals surface area contributed by atoms with Crippen LogP contribution in [0.4, 0.5) is 0 Å². The summed E-state index contributed by atoms with van der Waals surface area (Å²) in [6, 6.07) is -1.19. The number of aromatic amines is 1. The summed E-state index contributed by atoms with van der Waals surface area (Å²) in [5.74, 6) is -1.99. The van der Waals surface area contributed by atoms with Gasteiger partial charge in [-0.3, -0.25) is 9.59 Å². The zero-order valence-electron chi connectivity index (χ0n) is 8.71. The van der Waals surface area contributed by atoms with Crippen molar-refractivity contribution < 1.29 is 19.8 Å². The zero-order chi connectivity index (χ0) is 12.8. The van der Waals surface area contributed by atoms with Crippen LogP contribution in [0.3, 0.4) is 0 Å². The van der Waals surface area contributed by atoms with E-state index in [1.54, 1.807) is 0 Å². The minimum Gasteiger partial charge on any atom is -0.480 e. The molecule has 1 amide bonds. The summed E-state index contributed by atoms with van der Waals surface area (Å²) in [4.78, 5) is 38.7. The minimum atomic E-state index is -1.25. The van der Waals surface area contributed by atoms with Crippen molar-refractivity contribution >= 4 is 11.9 Å². The molecule has 17 heavy (non-hydrogen) atoms. The number of carbonyl (C=O) groups is 2. The quantitative estimate of drug-likeness (QED) is 0.487. The summed E-state index contributed by atoms with van der Waals surface area (Å²) in [6.07, 6.45) is 1.89. The molecule has 1 aromatic heterocycles. The second-order valence-electron chi connectivity index (χ2n) is 3.17. The number of aliphatic carboxylic acids is 1. The van der Waals surface area contributed by atoms with E-state index < -0.39 is 23.5 Å². The van der Waals surface area contributed by atoms with Crippen molar-refractivity contribution in [1.82, 2.24) is 15.3 Å². The number of aromatic nitrogens is 2. The van der Waals surface area contributed by atoms with E-state index in [0.717, 1.165) is 12.4 Å². The number of aliphatic hydroxyl groups excluding tert-OH is 1. The van der Waals surface area contributed by atoms with Gasteiger partial charge >= 0.3 is 5.97 Å². The second kappa shape index (κ2) is 5.75.